The Morgan fingerprint density at radius 2 is 1.61 bits per heavy atom. The molecule has 1 saturated heterocycles. The number of esters is 3. The first-order chi connectivity index (χ1) is 16.6. The molecule has 10 nitrogen and oxygen atoms in total. The lowest BCUT2D eigenvalue weighted by molar-refractivity contribution is -0.247. The van der Waals surface area contributed by atoms with Crippen LogP contribution in [0.3, 0.4) is 0 Å². The standard InChI is InChI=1S/C26H36O10/c1-11(2)25-9-16(30)12(3)19(25)20(35-14(5)28)22(36-15(6)29)24(7)18(34-13(4)27)8-17(31)26(32)10-33-23(25)21(24)26/h16-18,20-23,30-32H,1,8-10H2,2-7H3. The number of aliphatic hydroxyl groups is 3. The Morgan fingerprint density at radius 3 is 2.14 bits per heavy atom. The van der Waals surface area contributed by atoms with Crippen molar-refractivity contribution in [3.63, 3.8) is 0 Å². The third-order valence-corrected chi connectivity index (χ3v) is 8.95. The molecule has 3 aliphatic carbocycles. The molecule has 2 saturated carbocycles. The summed E-state index contributed by atoms with van der Waals surface area (Å²) in [6.07, 6.45) is -6.60. The Hall–Kier alpha value is -2.27. The van der Waals surface area contributed by atoms with Gasteiger partial charge in [-0.25, -0.2) is 0 Å². The van der Waals surface area contributed by atoms with E-state index >= 15 is 0 Å². The second-order valence-corrected chi connectivity index (χ2v) is 11.0. The van der Waals surface area contributed by atoms with Gasteiger partial charge in [0, 0.05) is 38.5 Å². The average molecular weight is 509 g/mol. The van der Waals surface area contributed by atoms with Gasteiger partial charge in [-0.15, -0.1) is 0 Å². The first-order valence-electron chi connectivity index (χ1n) is 12.2. The number of carbonyl (C=O) groups excluding carboxylic acids is 3. The van der Waals surface area contributed by atoms with Crippen molar-refractivity contribution in [1.29, 1.82) is 0 Å². The van der Waals surface area contributed by atoms with Crippen LogP contribution in [-0.2, 0) is 33.3 Å². The lowest BCUT2D eigenvalue weighted by atomic mass is 9.53. The van der Waals surface area contributed by atoms with Crippen LogP contribution in [0.2, 0.25) is 0 Å². The summed E-state index contributed by atoms with van der Waals surface area (Å²) < 4.78 is 23.7. The molecule has 1 aliphatic heterocycles. The van der Waals surface area contributed by atoms with E-state index in [1.165, 1.54) is 20.8 Å². The van der Waals surface area contributed by atoms with Gasteiger partial charge in [-0.1, -0.05) is 19.1 Å². The van der Waals surface area contributed by atoms with Crippen LogP contribution in [0.15, 0.2) is 23.3 Å². The summed E-state index contributed by atoms with van der Waals surface area (Å²) in [6, 6.07) is 0. The molecule has 0 aromatic heterocycles. The topological polar surface area (TPSA) is 149 Å². The molecule has 10 unspecified atom stereocenters. The number of hydrogen-bond acceptors (Lipinski definition) is 10. The summed E-state index contributed by atoms with van der Waals surface area (Å²) in [6.45, 7) is 12.8. The normalized spacial score (nSPS) is 45.3. The summed E-state index contributed by atoms with van der Waals surface area (Å²) >= 11 is 0. The highest BCUT2D eigenvalue weighted by Gasteiger charge is 2.77. The second kappa shape index (κ2) is 8.65. The summed E-state index contributed by atoms with van der Waals surface area (Å²) in [4.78, 5) is 37.1. The number of fused-ring (bicyclic) bond motifs is 2. The minimum absolute atomic E-state index is 0.135. The van der Waals surface area contributed by atoms with Crippen LogP contribution >= 0.6 is 0 Å². The number of rotatable bonds is 4. The van der Waals surface area contributed by atoms with E-state index in [4.69, 9.17) is 18.9 Å². The quantitative estimate of drug-likeness (QED) is 0.285. The average Bonchev–Trinajstić information content (AvgIpc) is 3.22. The van der Waals surface area contributed by atoms with E-state index in [2.05, 4.69) is 6.58 Å². The van der Waals surface area contributed by atoms with Crippen LogP contribution in [-0.4, -0.2) is 82.1 Å². The number of ether oxygens (including phenoxy) is 4. The molecule has 0 amide bonds. The molecule has 1 heterocycles. The predicted octanol–water partition coefficient (Wildman–Crippen LogP) is 0.956. The van der Waals surface area contributed by atoms with Gasteiger partial charge in [0.05, 0.1) is 30.3 Å². The third-order valence-electron chi connectivity index (χ3n) is 8.95. The minimum atomic E-state index is -1.80. The van der Waals surface area contributed by atoms with Crippen molar-refractivity contribution < 1.29 is 48.7 Å². The molecule has 4 rings (SSSR count). The Kier molecular flexibility index (Phi) is 6.43. The fraction of sp³-hybridized carbons (Fsp3) is 0.731. The molecule has 0 aromatic rings. The summed E-state index contributed by atoms with van der Waals surface area (Å²) in [7, 11) is 0. The van der Waals surface area contributed by atoms with Gasteiger partial charge in [0.25, 0.3) is 0 Å². The van der Waals surface area contributed by atoms with Crippen LogP contribution in [0, 0.1) is 16.7 Å². The second-order valence-electron chi connectivity index (χ2n) is 11.0. The number of carbonyl (C=O) groups is 3. The first-order valence-corrected chi connectivity index (χ1v) is 12.2. The zero-order chi connectivity index (χ0) is 27.0. The van der Waals surface area contributed by atoms with Gasteiger partial charge < -0.3 is 34.3 Å². The van der Waals surface area contributed by atoms with Gasteiger partial charge in [0.15, 0.2) is 12.2 Å². The van der Waals surface area contributed by atoms with Gasteiger partial charge in [-0.2, -0.15) is 0 Å². The van der Waals surface area contributed by atoms with Crippen molar-refractivity contribution in [2.75, 3.05) is 6.61 Å². The Bertz CT molecular complexity index is 1030. The Balaban J connectivity index is 2.11. The van der Waals surface area contributed by atoms with Crippen LogP contribution in [0.5, 0.6) is 0 Å². The molecule has 200 valence electrons. The van der Waals surface area contributed by atoms with Crippen LogP contribution in [0.25, 0.3) is 0 Å². The summed E-state index contributed by atoms with van der Waals surface area (Å²) in [5.41, 5.74) is -2.68. The highest BCUT2D eigenvalue weighted by atomic mass is 16.6. The van der Waals surface area contributed by atoms with E-state index in [0.717, 1.165) is 0 Å². The molecule has 36 heavy (non-hydrogen) atoms. The molecule has 4 aliphatic rings. The van der Waals surface area contributed by atoms with E-state index in [0.29, 0.717) is 16.7 Å². The van der Waals surface area contributed by atoms with E-state index in [1.807, 2.05) is 0 Å². The number of aliphatic hydroxyl groups excluding tert-OH is 2. The fourth-order valence-corrected chi connectivity index (χ4v) is 7.50. The van der Waals surface area contributed by atoms with E-state index in [1.54, 1.807) is 20.8 Å². The Morgan fingerprint density at radius 1 is 1.03 bits per heavy atom. The van der Waals surface area contributed by atoms with E-state index in [-0.39, 0.29) is 19.4 Å². The molecule has 10 atom stereocenters. The van der Waals surface area contributed by atoms with Crippen molar-refractivity contribution in [1.82, 2.24) is 0 Å². The van der Waals surface area contributed by atoms with Crippen molar-refractivity contribution in [3.8, 4) is 0 Å². The summed E-state index contributed by atoms with van der Waals surface area (Å²) in [5, 5.41) is 34.1. The largest absolute Gasteiger partial charge is 0.462 e. The molecular weight excluding hydrogens is 472 g/mol. The van der Waals surface area contributed by atoms with Crippen molar-refractivity contribution in [3.05, 3.63) is 23.3 Å². The van der Waals surface area contributed by atoms with E-state index < -0.39 is 76.9 Å². The van der Waals surface area contributed by atoms with Crippen LogP contribution < -0.4 is 0 Å². The van der Waals surface area contributed by atoms with Gasteiger partial charge in [-0.3, -0.25) is 14.4 Å². The lowest BCUT2D eigenvalue weighted by Gasteiger charge is -2.56. The van der Waals surface area contributed by atoms with Gasteiger partial charge >= 0.3 is 17.9 Å². The maximum absolute atomic E-state index is 12.5. The van der Waals surface area contributed by atoms with E-state index in [9.17, 15) is 29.7 Å². The highest BCUT2D eigenvalue weighted by molar-refractivity contribution is 5.69. The molecule has 3 fully saturated rings. The van der Waals surface area contributed by atoms with Crippen molar-refractivity contribution in [2.45, 2.75) is 96.6 Å². The lowest BCUT2D eigenvalue weighted by Crippen LogP contribution is -2.69. The maximum Gasteiger partial charge on any atom is 0.303 e. The zero-order valence-corrected chi connectivity index (χ0v) is 21.6. The third kappa shape index (κ3) is 3.48. The molecule has 0 aromatic carbocycles. The van der Waals surface area contributed by atoms with Gasteiger partial charge in [0.2, 0.25) is 0 Å². The van der Waals surface area contributed by atoms with Gasteiger partial charge in [-0.05, 0) is 31.4 Å². The molecular formula is C26H36O10. The smallest absolute Gasteiger partial charge is 0.303 e. The fourth-order valence-electron chi connectivity index (χ4n) is 7.50. The van der Waals surface area contributed by atoms with Crippen LogP contribution in [0.4, 0.5) is 0 Å². The van der Waals surface area contributed by atoms with Crippen LogP contribution in [0.1, 0.15) is 54.4 Å². The first kappa shape index (κ1) is 26.8. The summed E-state index contributed by atoms with van der Waals surface area (Å²) in [5.74, 6) is -2.90. The molecule has 0 spiro atoms. The monoisotopic (exact) mass is 508 g/mol. The van der Waals surface area contributed by atoms with Gasteiger partial charge in [0.1, 0.15) is 11.7 Å². The highest BCUT2D eigenvalue weighted by Crippen LogP contribution is 2.67. The SMILES string of the molecule is C=C(C)C12CC(O)C(C)=C1C(OC(C)=O)C(OC(C)=O)C1(C)C(OC(C)=O)CC(O)C3(O)COC2C31. The van der Waals surface area contributed by atoms with Crippen molar-refractivity contribution >= 4 is 17.9 Å². The number of hydrogen-bond donors (Lipinski definition) is 3. The molecule has 0 bridgehead atoms. The van der Waals surface area contributed by atoms with Crippen molar-refractivity contribution in [2.24, 2.45) is 16.7 Å². The zero-order valence-electron chi connectivity index (χ0n) is 21.6. The molecule has 10 heteroatoms. The molecule has 0 radical (unpaired) electrons. The Labute approximate surface area is 210 Å². The maximum atomic E-state index is 12.5. The predicted molar refractivity (Wildman–Crippen MR) is 124 cm³/mol. The minimum Gasteiger partial charge on any atom is -0.462 e. The molecule has 3 N–H and O–H groups in total.